The summed E-state index contributed by atoms with van der Waals surface area (Å²) in [6.07, 6.45) is 0.793. The lowest BCUT2D eigenvalue weighted by Gasteiger charge is -2.35. The average molecular weight is 231 g/mol. The fourth-order valence-electron chi connectivity index (χ4n) is 1.54. The summed E-state index contributed by atoms with van der Waals surface area (Å²) in [6.45, 7) is 9.30. The Hall–Kier alpha value is -0.380. The smallest absolute Gasteiger partial charge is 0.410 e. The zero-order chi connectivity index (χ0) is 11.6. The zero-order valence-corrected chi connectivity index (χ0v) is 10.9. The van der Waals surface area contributed by atoms with Crippen molar-refractivity contribution < 1.29 is 9.53 Å². The van der Waals surface area contributed by atoms with E-state index in [9.17, 15) is 4.79 Å². The van der Waals surface area contributed by atoms with E-state index in [0.29, 0.717) is 12.5 Å². The summed E-state index contributed by atoms with van der Waals surface area (Å²) < 4.78 is 5.31. The summed E-state index contributed by atoms with van der Waals surface area (Å²) in [6, 6.07) is 0. The van der Waals surface area contributed by atoms with Crippen molar-refractivity contribution in [3.63, 3.8) is 0 Å². The van der Waals surface area contributed by atoms with Gasteiger partial charge in [0, 0.05) is 18.3 Å². The molecular weight excluding hydrogens is 210 g/mol. The van der Waals surface area contributed by atoms with Crippen molar-refractivity contribution in [3.05, 3.63) is 0 Å². The first-order valence-corrected chi connectivity index (χ1v) is 5.97. The third-order valence-electron chi connectivity index (χ3n) is 2.57. The number of ether oxygens (including phenoxy) is 1. The van der Waals surface area contributed by atoms with E-state index in [0.717, 1.165) is 13.0 Å². The number of likely N-dealkylation sites (tertiary alicyclic amines) is 1. The summed E-state index contributed by atoms with van der Waals surface area (Å²) >= 11 is 4.47. The lowest BCUT2D eigenvalue weighted by atomic mass is 9.99. The minimum atomic E-state index is -0.410. The first kappa shape index (κ1) is 12.7. The number of amides is 1. The van der Waals surface area contributed by atoms with Gasteiger partial charge in [0.1, 0.15) is 5.60 Å². The lowest BCUT2D eigenvalue weighted by molar-refractivity contribution is 0.0197. The van der Waals surface area contributed by atoms with E-state index < -0.39 is 5.60 Å². The normalized spacial score (nSPS) is 27.7. The average Bonchev–Trinajstić information content (AvgIpc) is 2.06. The summed E-state index contributed by atoms with van der Waals surface area (Å²) in [5.41, 5.74) is -0.410. The zero-order valence-electron chi connectivity index (χ0n) is 9.99. The Morgan fingerprint density at radius 3 is 2.53 bits per heavy atom. The van der Waals surface area contributed by atoms with Gasteiger partial charge in [-0.1, -0.05) is 6.92 Å². The van der Waals surface area contributed by atoms with Crippen LogP contribution in [-0.2, 0) is 4.74 Å². The molecule has 1 aliphatic heterocycles. The molecule has 88 valence electrons. The van der Waals surface area contributed by atoms with Crippen LogP contribution in [0.25, 0.3) is 0 Å². The first-order valence-electron chi connectivity index (χ1n) is 5.45. The Bertz CT molecular complexity index is 237. The standard InChI is InChI=1S/C11H21NO2S/c1-8-5-6-12(7-9(8)15)10(13)14-11(2,3)4/h8-9,15H,5-7H2,1-4H3. The molecule has 1 heterocycles. The Balaban J connectivity index is 2.48. The highest BCUT2D eigenvalue weighted by molar-refractivity contribution is 7.81. The minimum Gasteiger partial charge on any atom is -0.444 e. The first-order chi connectivity index (χ1) is 6.79. The van der Waals surface area contributed by atoms with E-state index in [1.165, 1.54) is 0 Å². The summed E-state index contributed by atoms with van der Waals surface area (Å²) in [7, 11) is 0. The number of hydrogen-bond donors (Lipinski definition) is 1. The van der Waals surface area contributed by atoms with Crippen molar-refractivity contribution in [2.45, 2.75) is 45.0 Å². The van der Waals surface area contributed by atoms with Gasteiger partial charge in [-0.25, -0.2) is 4.79 Å². The number of nitrogens with zero attached hydrogens (tertiary/aromatic N) is 1. The molecule has 15 heavy (non-hydrogen) atoms. The fraction of sp³-hybridized carbons (Fsp3) is 0.909. The van der Waals surface area contributed by atoms with Gasteiger partial charge >= 0.3 is 6.09 Å². The third kappa shape index (κ3) is 3.93. The van der Waals surface area contributed by atoms with E-state index >= 15 is 0 Å². The highest BCUT2D eigenvalue weighted by Crippen LogP contribution is 2.22. The number of carbonyl (C=O) groups excluding carboxylic acids is 1. The van der Waals surface area contributed by atoms with Gasteiger partial charge in [0.05, 0.1) is 0 Å². The second-order valence-corrected chi connectivity index (χ2v) is 5.92. The Morgan fingerprint density at radius 2 is 2.07 bits per heavy atom. The highest BCUT2D eigenvalue weighted by Gasteiger charge is 2.29. The number of piperidine rings is 1. The van der Waals surface area contributed by atoms with E-state index in [1.807, 2.05) is 20.8 Å². The predicted molar refractivity (Wildman–Crippen MR) is 64.4 cm³/mol. The second kappa shape index (κ2) is 4.64. The van der Waals surface area contributed by atoms with E-state index in [1.54, 1.807) is 4.90 Å². The van der Waals surface area contributed by atoms with Crippen molar-refractivity contribution >= 4 is 18.7 Å². The van der Waals surface area contributed by atoms with Gasteiger partial charge in [-0.3, -0.25) is 0 Å². The van der Waals surface area contributed by atoms with Crippen LogP contribution in [0.2, 0.25) is 0 Å². The summed E-state index contributed by atoms with van der Waals surface area (Å²) in [5.74, 6) is 0.576. The van der Waals surface area contributed by atoms with Crippen LogP contribution < -0.4 is 0 Å². The molecule has 1 aliphatic rings. The molecule has 2 atom stereocenters. The van der Waals surface area contributed by atoms with Crippen LogP contribution in [0, 0.1) is 5.92 Å². The maximum absolute atomic E-state index is 11.7. The Labute approximate surface area is 97.6 Å². The molecule has 0 N–H and O–H groups in total. The van der Waals surface area contributed by atoms with Crippen LogP contribution in [0.1, 0.15) is 34.1 Å². The minimum absolute atomic E-state index is 0.214. The number of rotatable bonds is 0. The van der Waals surface area contributed by atoms with Crippen LogP contribution in [0.5, 0.6) is 0 Å². The van der Waals surface area contributed by atoms with Crippen LogP contribution in [0.4, 0.5) is 4.79 Å². The van der Waals surface area contributed by atoms with Crippen molar-refractivity contribution in [2.75, 3.05) is 13.1 Å². The molecule has 1 amide bonds. The Morgan fingerprint density at radius 1 is 1.47 bits per heavy atom. The quantitative estimate of drug-likeness (QED) is 0.649. The molecule has 3 nitrogen and oxygen atoms in total. The van der Waals surface area contributed by atoms with Gasteiger partial charge in [-0.15, -0.1) is 0 Å². The molecule has 0 saturated carbocycles. The summed E-state index contributed by atoms with van der Waals surface area (Å²) in [5, 5.41) is 0.270. The van der Waals surface area contributed by atoms with Crippen LogP contribution in [-0.4, -0.2) is 34.9 Å². The molecule has 1 saturated heterocycles. The van der Waals surface area contributed by atoms with Gasteiger partial charge in [0.2, 0.25) is 0 Å². The van der Waals surface area contributed by atoms with Crippen LogP contribution in [0.3, 0.4) is 0 Å². The maximum atomic E-state index is 11.7. The largest absolute Gasteiger partial charge is 0.444 e. The van der Waals surface area contributed by atoms with E-state index in [2.05, 4.69) is 19.6 Å². The van der Waals surface area contributed by atoms with E-state index in [-0.39, 0.29) is 11.3 Å². The summed E-state index contributed by atoms with van der Waals surface area (Å²) in [4.78, 5) is 13.5. The van der Waals surface area contributed by atoms with Gasteiger partial charge < -0.3 is 9.64 Å². The second-order valence-electron chi connectivity index (χ2n) is 5.26. The Kier molecular flexibility index (Phi) is 3.93. The molecule has 0 aromatic rings. The number of thiol groups is 1. The molecule has 2 unspecified atom stereocenters. The maximum Gasteiger partial charge on any atom is 0.410 e. The molecule has 0 aliphatic carbocycles. The molecule has 0 spiro atoms. The highest BCUT2D eigenvalue weighted by atomic mass is 32.1. The van der Waals surface area contributed by atoms with Crippen LogP contribution in [0.15, 0.2) is 0 Å². The molecule has 0 radical (unpaired) electrons. The van der Waals surface area contributed by atoms with Crippen molar-refractivity contribution in [2.24, 2.45) is 5.92 Å². The van der Waals surface area contributed by atoms with Crippen molar-refractivity contribution in [1.82, 2.24) is 4.90 Å². The molecule has 1 rings (SSSR count). The number of carbonyl (C=O) groups is 1. The van der Waals surface area contributed by atoms with Gasteiger partial charge in [-0.05, 0) is 33.1 Å². The molecular formula is C11H21NO2S. The molecule has 0 bridgehead atoms. The van der Waals surface area contributed by atoms with E-state index in [4.69, 9.17) is 4.74 Å². The van der Waals surface area contributed by atoms with Gasteiger partial charge in [0.15, 0.2) is 0 Å². The van der Waals surface area contributed by atoms with Gasteiger partial charge in [-0.2, -0.15) is 12.6 Å². The topological polar surface area (TPSA) is 29.5 Å². The van der Waals surface area contributed by atoms with Gasteiger partial charge in [0.25, 0.3) is 0 Å². The molecule has 4 heteroatoms. The molecule has 1 fully saturated rings. The third-order valence-corrected chi connectivity index (χ3v) is 3.24. The lowest BCUT2D eigenvalue weighted by Crippen LogP contribution is -2.45. The monoisotopic (exact) mass is 231 g/mol. The predicted octanol–water partition coefficient (Wildman–Crippen LogP) is 2.56. The molecule has 0 aromatic carbocycles. The van der Waals surface area contributed by atoms with Crippen molar-refractivity contribution in [3.8, 4) is 0 Å². The van der Waals surface area contributed by atoms with Crippen LogP contribution >= 0.6 is 12.6 Å². The SMILES string of the molecule is CC1CCN(C(=O)OC(C)(C)C)CC1S. The van der Waals surface area contributed by atoms with Crippen molar-refractivity contribution in [1.29, 1.82) is 0 Å². The molecule has 0 aromatic heterocycles. The fourth-order valence-corrected chi connectivity index (χ4v) is 1.89. The number of hydrogen-bond acceptors (Lipinski definition) is 3.